The number of hydrogen-bond acceptors (Lipinski definition) is 5. The average molecular weight is 341 g/mol. The molecular formula is C14H19N3O5S. The summed E-state index contributed by atoms with van der Waals surface area (Å²) in [4.78, 5) is 23.8. The highest BCUT2D eigenvalue weighted by atomic mass is 32.2. The maximum atomic E-state index is 12.4. The summed E-state index contributed by atoms with van der Waals surface area (Å²) in [5.74, 6) is -0.131. The van der Waals surface area contributed by atoms with Crippen molar-refractivity contribution in [3.63, 3.8) is 0 Å². The third-order valence-electron chi connectivity index (χ3n) is 3.63. The predicted molar refractivity (Wildman–Crippen MR) is 82.8 cm³/mol. The topological polar surface area (TPSA) is 105 Å². The summed E-state index contributed by atoms with van der Waals surface area (Å²) >= 11 is 0. The van der Waals surface area contributed by atoms with Crippen LogP contribution in [0.2, 0.25) is 0 Å². The number of hydrogen-bond donors (Lipinski definition) is 2. The van der Waals surface area contributed by atoms with Crippen LogP contribution in [-0.4, -0.2) is 52.0 Å². The molecule has 1 aromatic carbocycles. The summed E-state index contributed by atoms with van der Waals surface area (Å²) < 4.78 is 32.4. The minimum Gasteiger partial charge on any atom is -0.495 e. The van der Waals surface area contributed by atoms with Crippen molar-refractivity contribution in [1.29, 1.82) is 0 Å². The molecule has 0 aromatic heterocycles. The van der Waals surface area contributed by atoms with Gasteiger partial charge in [0.1, 0.15) is 10.6 Å². The monoisotopic (exact) mass is 341 g/mol. The standard InChI is InChI=1S/C14H19N3O5S/c1-9-6-11(22-3)12(7-10(9)2)23(20,21)16-4-5-17-13(18)8-15-14(17)19/h6-7,16H,4-5,8H2,1-3H3,(H,15,19). The van der Waals surface area contributed by atoms with E-state index in [-0.39, 0.29) is 36.2 Å². The molecule has 0 spiro atoms. The van der Waals surface area contributed by atoms with Crippen LogP contribution in [0.1, 0.15) is 11.1 Å². The van der Waals surface area contributed by atoms with Crippen LogP contribution in [0.3, 0.4) is 0 Å². The summed E-state index contributed by atoms with van der Waals surface area (Å²) in [5.41, 5.74) is 1.74. The number of nitrogens with zero attached hydrogens (tertiary/aromatic N) is 1. The van der Waals surface area contributed by atoms with Gasteiger partial charge in [-0.15, -0.1) is 0 Å². The SMILES string of the molecule is COc1cc(C)c(C)cc1S(=O)(=O)NCCN1C(=O)CNC1=O. The van der Waals surface area contributed by atoms with Gasteiger partial charge in [0.05, 0.1) is 13.7 Å². The van der Waals surface area contributed by atoms with Crippen LogP contribution in [0.25, 0.3) is 0 Å². The van der Waals surface area contributed by atoms with Gasteiger partial charge in [0.15, 0.2) is 0 Å². The second-order valence-corrected chi connectivity index (χ2v) is 6.92. The molecule has 8 nitrogen and oxygen atoms in total. The lowest BCUT2D eigenvalue weighted by atomic mass is 10.1. The molecule has 9 heteroatoms. The predicted octanol–water partition coefficient (Wildman–Crippen LogP) is 0.142. The quantitative estimate of drug-likeness (QED) is 0.716. The van der Waals surface area contributed by atoms with Crippen LogP contribution in [0.4, 0.5) is 4.79 Å². The van der Waals surface area contributed by atoms with Gasteiger partial charge in [-0.3, -0.25) is 9.69 Å². The third-order valence-corrected chi connectivity index (χ3v) is 5.12. The minimum atomic E-state index is -3.81. The normalized spacial score (nSPS) is 15.0. The van der Waals surface area contributed by atoms with Crippen LogP contribution in [0, 0.1) is 13.8 Å². The molecule has 3 amide bonds. The van der Waals surface area contributed by atoms with Crippen molar-refractivity contribution in [2.75, 3.05) is 26.7 Å². The number of benzene rings is 1. The van der Waals surface area contributed by atoms with Crippen molar-refractivity contribution >= 4 is 22.0 Å². The van der Waals surface area contributed by atoms with Gasteiger partial charge < -0.3 is 10.1 Å². The molecule has 1 aliphatic rings. The fourth-order valence-corrected chi connectivity index (χ4v) is 3.44. The summed E-state index contributed by atoms with van der Waals surface area (Å²) in [7, 11) is -2.41. The number of aryl methyl sites for hydroxylation is 2. The zero-order chi connectivity index (χ0) is 17.2. The number of carbonyl (C=O) groups excluding carboxylic acids is 2. The van der Waals surface area contributed by atoms with E-state index in [0.717, 1.165) is 16.0 Å². The van der Waals surface area contributed by atoms with Crippen LogP contribution in [0.15, 0.2) is 17.0 Å². The smallest absolute Gasteiger partial charge is 0.324 e. The van der Waals surface area contributed by atoms with Crippen molar-refractivity contribution in [2.24, 2.45) is 0 Å². The molecule has 2 N–H and O–H groups in total. The molecule has 1 saturated heterocycles. The Balaban J connectivity index is 2.12. The lowest BCUT2D eigenvalue weighted by Gasteiger charge is -2.15. The van der Waals surface area contributed by atoms with Gasteiger partial charge in [0.2, 0.25) is 15.9 Å². The Labute approximate surface area is 134 Å². The fraction of sp³-hybridized carbons (Fsp3) is 0.429. The Morgan fingerprint density at radius 1 is 1.26 bits per heavy atom. The number of nitrogens with one attached hydrogen (secondary N) is 2. The number of urea groups is 1. The first-order valence-electron chi connectivity index (χ1n) is 6.99. The maximum absolute atomic E-state index is 12.4. The van der Waals surface area contributed by atoms with Crippen LogP contribution < -0.4 is 14.8 Å². The Kier molecular flexibility index (Phi) is 4.90. The Bertz CT molecular complexity index is 729. The van der Waals surface area contributed by atoms with E-state index in [1.165, 1.54) is 13.2 Å². The number of rotatable bonds is 6. The van der Waals surface area contributed by atoms with E-state index in [9.17, 15) is 18.0 Å². The molecule has 1 aromatic rings. The Morgan fingerprint density at radius 3 is 2.48 bits per heavy atom. The summed E-state index contributed by atoms with van der Waals surface area (Å²) in [6.07, 6.45) is 0. The molecule has 0 aliphatic carbocycles. The van der Waals surface area contributed by atoms with Crippen molar-refractivity contribution in [3.8, 4) is 5.75 Å². The van der Waals surface area contributed by atoms with Crippen molar-refractivity contribution in [1.82, 2.24) is 14.9 Å². The second kappa shape index (κ2) is 6.55. The second-order valence-electron chi connectivity index (χ2n) is 5.19. The summed E-state index contributed by atoms with van der Waals surface area (Å²) in [6.45, 7) is 3.51. The van der Waals surface area contributed by atoms with Crippen LogP contribution >= 0.6 is 0 Å². The zero-order valence-corrected chi connectivity index (χ0v) is 14.0. The summed E-state index contributed by atoms with van der Waals surface area (Å²) in [6, 6.07) is 2.67. The first kappa shape index (κ1) is 17.2. The third kappa shape index (κ3) is 3.62. The van der Waals surface area contributed by atoms with Gasteiger partial charge in [-0.2, -0.15) is 0 Å². The first-order valence-corrected chi connectivity index (χ1v) is 8.47. The number of sulfonamides is 1. The highest BCUT2D eigenvalue weighted by Gasteiger charge is 2.28. The van der Waals surface area contributed by atoms with E-state index in [2.05, 4.69) is 10.0 Å². The number of methoxy groups -OCH3 is 1. The number of carbonyl (C=O) groups is 2. The molecule has 126 valence electrons. The van der Waals surface area contributed by atoms with Gasteiger partial charge in [-0.05, 0) is 37.1 Å². The van der Waals surface area contributed by atoms with E-state index < -0.39 is 16.1 Å². The first-order chi connectivity index (χ1) is 10.8. The molecule has 23 heavy (non-hydrogen) atoms. The molecule has 0 atom stereocenters. The number of amides is 3. The fourth-order valence-electron chi connectivity index (χ4n) is 2.18. The molecule has 0 unspecified atom stereocenters. The van der Waals surface area contributed by atoms with Gasteiger partial charge in [-0.25, -0.2) is 17.9 Å². The van der Waals surface area contributed by atoms with Gasteiger partial charge >= 0.3 is 6.03 Å². The van der Waals surface area contributed by atoms with Gasteiger partial charge in [0, 0.05) is 13.1 Å². The molecular weight excluding hydrogens is 322 g/mol. The molecule has 0 bridgehead atoms. The lowest BCUT2D eigenvalue weighted by molar-refractivity contribution is -0.124. The van der Waals surface area contributed by atoms with Gasteiger partial charge in [0.25, 0.3) is 0 Å². The Hall–Kier alpha value is -2.13. The lowest BCUT2D eigenvalue weighted by Crippen LogP contribution is -2.38. The van der Waals surface area contributed by atoms with E-state index in [1.807, 2.05) is 6.92 Å². The highest BCUT2D eigenvalue weighted by molar-refractivity contribution is 7.89. The van der Waals surface area contributed by atoms with Gasteiger partial charge in [-0.1, -0.05) is 0 Å². The molecule has 0 radical (unpaired) electrons. The molecule has 1 heterocycles. The van der Waals surface area contributed by atoms with Crippen molar-refractivity contribution in [2.45, 2.75) is 18.7 Å². The van der Waals surface area contributed by atoms with Crippen LogP contribution in [0.5, 0.6) is 5.75 Å². The minimum absolute atomic E-state index is 0.0281. The van der Waals surface area contributed by atoms with Crippen molar-refractivity contribution in [3.05, 3.63) is 23.3 Å². The molecule has 0 saturated carbocycles. The van der Waals surface area contributed by atoms with E-state index in [1.54, 1.807) is 13.0 Å². The molecule has 1 fully saturated rings. The number of ether oxygens (including phenoxy) is 1. The highest BCUT2D eigenvalue weighted by Crippen LogP contribution is 2.27. The van der Waals surface area contributed by atoms with Crippen LogP contribution in [-0.2, 0) is 14.8 Å². The Morgan fingerprint density at radius 2 is 1.91 bits per heavy atom. The van der Waals surface area contributed by atoms with E-state index >= 15 is 0 Å². The molecule has 2 rings (SSSR count). The largest absolute Gasteiger partial charge is 0.495 e. The van der Waals surface area contributed by atoms with E-state index in [4.69, 9.17) is 4.74 Å². The summed E-state index contributed by atoms with van der Waals surface area (Å²) in [5, 5.41) is 2.37. The molecule has 1 aliphatic heterocycles. The number of imide groups is 1. The van der Waals surface area contributed by atoms with Crippen molar-refractivity contribution < 1.29 is 22.7 Å². The maximum Gasteiger partial charge on any atom is 0.324 e. The average Bonchev–Trinajstić information content (AvgIpc) is 2.81. The zero-order valence-electron chi connectivity index (χ0n) is 13.2. The van der Waals surface area contributed by atoms with E-state index in [0.29, 0.717) is 0 Å².